The zero-order valence-corrected chi connectivity index (χ0v) is 26.6. The third-order valence-corrected chi connectivity index (χ3v) is 9.29. The quantitative estimate of drug-likeness (QED) is 0.262. The number of rotatable bonds is 5. The molecular formula is C30H29ClF2N6O5S. The molecule has 0 bridgehead atoms. The summed E-state index contributed by atoms with van der Waals surface area (Å²) in [4.78, 5) is 39.4. The second-order valence-electron chi connectivity index (χ2n) is 12.1. The molecule has 3 atom stereocenters. The molecule has 1 amide bonds. The monoisotopic (exact) mass is 658 g/mol. The summed E-state index contributed by atoms with van der Waals surface area (Å²) in [7, 11) is 1.80. The predicted molar refractivity (Wildman–Crippen MR) is 165 cm³/mol. The molecule has 0 radical (unpaired) electrons. The van der Waals surface area contributed by atoms with E-state index in [1.165, 1.54) is 0 Å². The molecule has 11 nitrogen and oxygen atoms in total. The van der Waals surface area contributed by atoms with Gasteiger partial charge < -0.3 is 14.2 Å². The van der Waals surface area contributed by atoms with Crippen LogP contribution in [0.4, 0.5) is 18.6 Å². The number of amides is 1. The molecule has 0 unspecified atom stereocenters. The highest BCUT2D eigenvalue weighted by molar-refractivity contribution is 7.23. The van der Waals surface area contributed by atoms with Gasteiger partial charge in [0.05, 0.1) is 45.8 Å². The van der Waals surface area contributed by atoms with E-state index in [9.17, 15) is 19.2 Å². The molecule has 0 saturated carbocycles. The number of likely N-dealkylation sites (tertiary alicyclic amines) is 1. The molecule has 2 N–H and O–H groups in total. The van der Waals surface area contributed by atoms with Crippen LogP contribution in [0.1, 0.15) is 50.8 Å². The topological polar surface area (TPSA) is 142 Å². The smallest absolute Gasteiger partial charge is 0.412 e. The van der Waals surface area contributed by atoms with Crippen molar-refractivity contribution in [1.29, 1.82) is 5.26 Å². The Morgan fingerprint density at radius 2 is 2.07 bits per heavy atom. The van der Waals surface area contributed by atoms with Crippen LogP contribution in [0.5, 0.6) is 6.01 Å². The van der Waals surface area contributed by atoms with Crippen LogP contribution in [0.25, 0.3) is 32.2 Å². The van der Waals surface area contributed by atoms with Crippen molar-refractivity contribution in [3.8, 4) is 23.3 Å². The van der Waals surface area contributed by atoms with Gasteiger partial charge in [0.1, 0.15) is 34.5 Å². The highest BCUT2D eigenvalue weighted by Gasteiger charge is 2.35. The fourth-order valence-corrected chi connectivity index (χ4v) is 7.32. The first-order valence-electron chi connectivity index (χ1n) is 14.1. The van der Waals surface area contributed by atoms with Crippen molar-refractivity contribution in [2.45, 2.75) is 71.2 Å². The lowest BCUT2D eigenvalue weighted by molar-refractivity contribution is 0.0636. The highest BCUT2D eigenvalue weighted by Crippen LogP contribution is 2.47. The van der Waals surface area contributed by atoms with Gasteiger partial charge >= 0.3 is 6.09 Å². The number of fused-ring (bicyclic) bond motifs is 4. The summed E-state index contributed by atoms with van der Waals surface area (Å²) in [5.41, 5.74) is 0.292. The van der Waals surface area contributed by atoms with Gasteiger partial charge in [-0.1, -0.05) is 11.6 Å². The third-order valence-electron chi connectivity index (χ3n) is 7.81. The number of carbonyl (C=O) groups is 1. The van der Waals surface area contributed by atoms with Gasteiger partial charge in [0, 0.05) is 23.5 Å². The lowest BCUT2D eigenvalue weighted by Crippen LogP contribution is -2.38. The van der Waals surface area contributed by atoms with Crippen molar-refractivity contribution in [2.24, 2.45) is 0 Å². The van der Waals surface area contributed by atoms with Crippen molar-refractivity contribution in [3.05, 3.63) is 44.1 Å². The molecule has 0 aliphatic carbocycles. The summed E-state index contributed by atoms with van der Waals surface area (Å²) >= 11 is 7.88. The number of H-pyrrole nitrogens is 1. The van der Waals surface area contributed by atoms with E-state index in [2.05, 4.69) is 26.3 Å². The Morgan fingerprint density at radius 1 is 1.33 bits per heavy atom. The first-order chi connectivity index (χ1) is 21.3. The van der Waals surface area contributed by atoms with Gasteiger partial charge in [0.15, 0.2) is 5.82 Å². The van der Waals surface area contributed by atoms with E-state index in [0.717, 1.165) is 17.5 Å². The Bertz CT molecular complexity index is 1970. The van der Waals surface area contributed by atoms with Gasteiger partial charge in [0.25, 0.3) is 11.6 Å². The summed E-state index contributed by atoms with van der Waals surface area (Å²) in [5, 5.41) is 13.2. The van der Waals surface area contributed by atoms with E-state index in [4.69, 9.17) is 25.8 Å². The van der Waals surface area contributed by atoms with Crippen LogP contribution in [0.15, 0.2) is 11.0 Å². The standard InChI is InChI=1S/C30H29ClF2N6O5S/c1-12(18-6-13(32)9-39(18)5)43-28-36-24-21(26(40)37-28)16-11-42-10-15(16)19(22(24)31)23-20-14(7-34)27(38-29(41)44-30(2,3)4)45-25(20)17(33)8-35-23/h8,12-13,18H,6,9-11H2,1-5H3,(H,38,41)(H,36,37,40)/t12-,13+,18-/m0/s1. The lowest BCUT2D eigenvalue weighted by Gasteiger charge is -2.25. The summed E-state index contributed by atoms with van der Waals surface area (Å²) in [6.45, 7) is 7.28. The van der Waals surface area contributed by atoms with Crippen LogP contribution in [-0.2, 0) is 22.7 Å². The molecule has 0 spiro atoms. The zero-order valence-electron chi connectivity index (χ0n) is 25.0. The molecule has 5 heterocycles. The van der Waals surface area contributed by atoms with E-state index < -0.39 is 35.3 Å². The number of nitrogens with one attached hydrogen (secondary N) is 2. The van der Waals surface area contributed by atoms with Crippen LogP contribution in [0.3, 0.4) is 0 Å². The van der Waals surface area contributed by atoms with Gasteiger partial charge in [-0.2, -0.15) is 10.2 Å². The number of alkyl halides is 1. The van der Waals surface area contributed by atoms with Crippen LogP contribution in [-0.4, -0.2) is 63.5 Å². The van der Waals surface area contributed by atoms with Crippen LogP contribution in [0, 0.1) is 17.1 Å². The van der Waals surface area contributed by atoms with Gasteiger partial charge in [-0.15, -0.1) is 11.3 Å². The van der Waals surface area contributed by atoms with Crippen LogP contribution >= 0.6 is 22.9 Å². The van der Waals surface area contributed by atoms with E-state index in [1.807, 2.05) is 4.90 Å². The normalized spacial score (nSPS) is 19.1. The fourth-order valence-electron chi connectivity index (χ4n) is 5.94. The van der Waals surface area contributed by atoms with Crippen LogP contribution < -0.4 is 15.6 Å². The van der Waals surface area contributed by atoms with E-state index in [1.54, 1.807) is 34.7 Å². The number of nitriles is 1. The molecule has 45 heavy (non-hydrogen) atoms. The fraction of sp³-hybridized carbons (Fsp3) is 0.433. The minimum absolute atomic E-state index is 0.0248. The van der Waals surface area contributed by atoms with Crippen LogP contribution in [0.2, 0.25) is 5.02 Å². The number of hydrogen-bond donors (Lipinski definition) is 2. The van der Waals surface area contributed by atoms with Crippen molar-refractivity contribution in [1.82, 2.24) is 19.9 Å². The number of anilines is 1. The van der Waals surface area contributed by atoms with Gasteiger partial charge in [-0.3, -0.25) is 25.0 Å². The molecule has 1 fully saturated rings. The molecular weight excluding hydrogens is 630 g/mol. The summed E-state index contributed by atoms with van der Waals surface area (Å²) < 4.78 is 46.3. The molecule has 236 valence electrons. The Morgan fingerprint density at radius 3 is 2.73 bits per heavy atom. The zero-order chi connectivity index (χ0) is 32.4. The number of halogens is 3. The van der Waals surface area contributed by atoms with Crippen molar-refractivity contribution in [2.75, 3.05) is 18.9 Å². The molecule has 2 aliphatic heterocycles. The molecule has 3 aromatic heterocycles. The van der Waals surface area contributed by atoms with Gasteiger partial charge in [-0.25, -0.2) is 13.6 Å². The van der Waals surface area contributed by atoms with E-state index in [-0.39, 0.29) is 80.5 Å². The number of aromatic nitrogens is 3. The SMILES string of the molecule is C[C@H](Oc1nc2c(Cl)c(-c3ncc(F)c4sc(NC(=O)OC(C)(C)C)c(C#N)c34)c3c(c2c(=O)[nH]1)COC3)[C@@H]1C[C@@H](F)CN1C. The Balaban J connectivity index is 1.51. The molecule has 15 heteroatoms. The van der Waals surface area contributed by atoms with Gasteiger partial charge in [0.2, 0.25) is 0 Å². The first-order valence-corrected chi connectivity index (χ1v) is 15.3. The van der Waals surface area contributed by atoms with Crippen molar-refractivity contribution < 1.29 is 27.8 Å². The second kappa shape index (κ2) is 11.5. The maximum absolute atomic E-state index is 15.2. The number of aromatic amines is 1. The van der Waals surface area contributed by atoms with E-state index >= 15 is 4.39 Å². The van der Waals surface area contributed by atoms with E-state index in [0.29, 0.717) is 16.7 Å². The largest absolute Gasteiger partial charge is 0.460 e. The number of nitrogens with zero attached hydrogens (tertiary/aromatic N) is 4. The van der Waals surface area contributed by atoms with Gasteiger partial charge in [-0.05, 0) is 52.3 Å². The highest BCUT2D eigenvalue weighted by atomic mass is 35.5. The van der Waals surface area contributed by atoms with Crippen molar-refractivity contribution in [3.63, 3.8) is 0 Å². The average Bonchev–Trinajstić information content (AvgIpc) is 3.65. The number of benzene rings is 1. The third kappa shape index (κ3) is 5.58. The number of thiophene rings is 1. The summed E-state index contributed by atoms with van der Waals surface area (Å²) in [6, 6.07) is 1.73. The second-order valence-corrected chi connectivity index (χ2v) is 13.5. The minimum atomic E-state index is -0.982. The minimum Gasteiger partial charge on any atom is -0.460 e. The number of likely N-dealkylation sites (N-methyl/N-ethyl adjacent to an activating group) is 1. The Kier molecular flexibility index (Phi) is 7.93. The molecule has 1 saturated heterocycles. The maximum Gasteiger partial charge on any atom is 0.412 e. The summed E-state index contributed by atoms with van der Waals surface area (Å²) in [5.74, 6) is -0.705. The number of hydrogen-bond acceptors (Lipinski definition) is 10. The Hall–Kier alpha value is -3.90. The lowest BCUT2D eigenvalue weighted by atomic mass is 9.94. The number of carbonyl (C=O) groups excluding carboxylic acids is 1. The first kappa shape index (κ1) is 31.1. The molecule has 1 aromatic carbocycles. The summed E-state index contributed by atoms with van der Waals surface area (Å²) in [6.07, 6.45) is -1.01. The van der Waals surface area contributed by atoms with Crippen molar-refractivity contribution >= 4 is 55.0 Å². The predicted octanol–water partition coefficient (Wildman–Crippen LogP) is 6.05. The maximum atomic E-state index is 15.2. The number of pyridine rings is 1. The molecule has 4 aromatic rings. The number of ether oxygens (including phenoxy) is 3. The Labute approximate surface area is 265 Å². The average molecular weight is 659 g/mol. The molecule has 6 rings (SSSR count). The molecule has 2 aliphatic rings.